The van der Waals surface area contributed by atoms with E-state index in [1.54, 1.807) is 24.9 Å². The molecule has 1 fully saturated rings. The van der Waals surface area contributed by atoms with Gasteiger partial charge in [-0.3, -0.25) is 14.9 Å². The molecule has 0 N–H and O–H groups in total. The van der Waals surface area contributed by atoms with Crippen molar-refractivity contribution in [1.29, 1.82) is 0 Å². The van der Waals surface area contributed by atoms with Crippen molar-refractivity contribution < 1.29 is 9.72 Å². The smallest absolute Gasteiger partial charge is 0.269 e. The Kier molecular flexibility index (Phi) is 3.33. The van der Waals surface area contributed by atoms with Gasteiger partial charge in [0, 0.05) is 19.2 Å². The Labute approximate surface area is 108 Å². The van der Waals surface area contributed by atoms with E-state index in [1.807, 2.05) is 0 Å². The number of likely N-dealkylation sites (N-methyl/N-ethyl adjacent to an activating group) is 1. The molecule has 1 aromatic rings. The number of non-ortho nitro benzene ring substituents is 1. The summed E-state index contributed by atoms with van der Waals surface area (Å²) < 4.78 is 0. The molecule has 0 aliphatic carbocycles. The standard InChI is InChI=1S/C11H11N3O3S/c1-7-5-8(14(16)17)3-4-9(7)12-11-13(2)6-10(15)18-11/h3-5H,6H2,1-2H3. The molecule has 1 aromatic carbocycles. The fourth-order valence-corrected chi connectivity index (χ4v) is 2.39. The molecule has 2 rings (SSSR count). The predicted molar refractivity (Wildman–Crippen MR) is 70.2 cm³/mol. The summed E-state index contributed by atoms with van der Waals surface area (Å²) in [5.74, 6) is 0. The van der Waals surface area contributed by atoms with Crippen LogP contribution >= 0.6 is 11.8 Å². The van der Waals surface area contributed by atoms with Gasteiger partial charge in [-0.15, -0.1) is 0 Å². The molecule has 0 aromatic heterocycles. The van der Waals surface area contributed by atoms with Crippen LogP contribution in [0.25, 0.3) is 0 Å². The van der Waals surface area contributed by atoms with Gasteiger partial charge in [0.25, 0.3) is 5.69 Å². The van der Waals surface area contributed by atoms with Crippen LogP contribution in [0.4, 0.5) is 11.4 Å². The molecule has 0 unspecified atom stereocenters. The molecule has 0 atom stereocenters. The van der Waals surface area contributed by atoms with Crippen LogP contribution < -0.4 is 0 Å². The van der Waals surface area contributed by atoms with E-state index in [0.717, 1.165) is 11.8 Å². The second kappa shape index (κ2) is 4.77. The van der Waals surface area contributed by atoms with Crippen molar-refractivity contribution in [3.05, 3.63) is 33.9 Å². The van der Waals surface area contributed by atoms with E-state index < -0.39 is 4.92 Å². The number of hydrogen-bond acceptors (Lipinski definition) is 5. The topological polar surface area (TPSA) is 75.8 Å². The van der Waals surface area contributed by atoms with Crippen LogP contribution in [-0.2, 0) is 4.79 Å². The molecule has 0 saturated carbocycles. The maximum atomic E-state index is 11.2. The molecule has 0 radical (unpaired) electrons. The van der Waals surface area contributed by atoms with E-state index in [-0.39, 0.29) is 10.8 Å². The van der Waals surface area contributed by atoms with E-state index in [2.05, 4.69) is 4.99 Å². The number of amidine groups is 1. The van der Waals surface area contributed by atoms with Crippen molar-refractivity contribution in [3.8, 4) is 0 Å². The fourth-order valence-electron chi connectivity index (χ4n) is 1.56. The van der Waals surface area contributed by atoms with Crippen molar-refractivity contribution in [2.24, 2.45) is 4.99 Å². The third kappa shape index (κ3) is 2.51. The summed E-state index contributed by atoms with van der Waals surface area (Å²) in [6, 6.07) is 4.48. The van der Waals surface area contributed by atoms with Crippen molar-refractivity contribution in [2.45, 2.75) is 6.92 Å². The summed E-state index contributed by atoms with van der Waals surface area (Å²) >= 11 is 1.09. The van der Waals surface area contributed by atoms with Crippen molar-refractivity contribution >= 4 is 33.4 Å². The molecular formula is C11H11N3O3S. The van der Waals surface area contributed by atoms with E-state index >= 15 is 0 Å². The highest BCUT2D eigenvalue weighted by molar-refractivity contribution is 8.26. The third-order valence-corrected chi connectivity index (χ3v) is 3.45. The van der Waals surface area contributed by atoms with Crippen LogP contribution in [0, 0.1) is 17.0 Å². The van der Waals surface area contributed by atoms with E-state index in [0.29, 0.717) is 23.0 Å². The number of nitro benzene ring substituents is 1. The number of hydrogen-bond donors (Lipinski definition) is 0. The van der Waals surface area contributed by atoms with Crippen LogP contribution in [0.5, 0.6) is 0 Å². The zero-order valence-corrected chi connectivity index (χ0v) is 10.7. The maximum absolute atomic E-state index is 11.2. The molecule has 1 saturated heterocycles. The second-order valence-electron chi connectivity index (χ2n) is 3.95. The Morgan fingerprint density at radius 2 is 2.22 bits per heavy atom. The first-order chi connectivity index (χ1) is 8.47. The van der Waals surface area contributed by atoms with Gasteiger partial charge < -0.3 is 4.90 Å². The van der Waals surface area contributed by atoms with Crippen LogP contribution in [-0.4, -0.2) is 33.7 Å². The van der Waals surface area contributed by atoms with Crippen LogP contribution in [0.15, 0.2) is 23.2 Å². The minimum atomic E-state index is -0.441. The largest absolute Gasteiger partial charge is 0.346 e. The molecule has 0 spiro atoms. The zero-order chi connectivity index (χ0) is 13.3. The van der Waals surface area contributed by atoms with Gasteiger partial charge in [-0.1, -0.05) is 0 Å². The Morgan fingerprint density at radius 1 is 1.50 bits per heavy atom. The number of aliphatic imine (C=N–C) groups is 1. The lowest BCUT2D eigenvalue weighted by Gasteiger charge is -2.09. The lowest BCUT2D eigenvalue weighted by Crippen LogP contribution is -2.18. The minimum absolute atomic E-state index is 0.0416. The van der Waals surface area contributed by atoms with E-state index in [1.165, 1.54) is 12.1 Å². The first-order valence-corrected chi connectivity index (χ1v) is 6.04. The number of nitrogens with zero attached hydrogens (tertiary/aromatic N) is 3. The number of rotatable bonds is 2. The van der Waals surface area contributed by atoms with Crippen LogP contribution in [0.3, 0.4) is 0 Å². The average Bonchev–Trinajstić information content (AvgIpc) is 2.60. The van der Waals surface area contributed by atoms with Crippen molar-refractivity contribution in [3.63, 3.8) is 0 Å². The highest BCUT2D eigenvalue weighted by Crippen LogP contribution is 2.27. The van der Waals surface area contributed by atoms with Crippen LogP contribution in [0.1, 0.15) is 5.56 Å². The van der Waals surface area contributed by atoms with E-state index in [9.17, 15) is 14.9 Å². The maximum Gasteiger partial charge on any atom is 0.269 e. The minimum Gasteiger partial charge on any atom is -0.346 e. The monoisotopic (exact) mass is 265 g/mol. The summed E-state index contributed by atoms with van der Waals surface area (Å²) in [6.45, 7) is 2.10. The van der Waals surface area contributed by atoms with Gasteiger partial charge in [-0.25, -0.2) is 4.99 Å². The van der Waals surface area contributed by atoms with Gasteiger partial charge in [0.05, 0.1) is 17.2 Å². The third-order valence-electron chi connectivity index (χ3n) is 2.51. The summed E-state index contributed by atoms with van der Waals surface area (Å²) in [7, 11) is 1.79. The molecule has 7 heteroatoms. The summed E-state index contributed by atoms with van der Waals surface area (Å²) in [5.41, 5.74) is 1.40. The molecule has 18 heavy (non-hydrogen) atoms. The highest BCUT2D eigenvalue weighted by Gasteiger charge is 2.23. The summed E-state index contributed by atoms with van der Waals surface area (Å²) in [5, 5.41) is 11.3. The molecule has 6 nitrogen and oxygen atoms in total. The Bertz CT molecular complexity index is 556. The zero-order valence-electron chi connectivity index (χ0n) is 9.91. The average molecular weight is 265 g/mol. The van der Waals surface area contributed by atoms with Crippen LogP contribution in [0.2, 0.25) is 0 Å². The van der Waals surface area contributed by atoms with Crippen molar-refractivity contribution in [1.82, 2.24) is 4.90 Å². The van der Waals surface area contributed by atoms with Gasteiger partial charge in [-0.05, 0) is 30.3 Å². The Balaban J connectivity index is 2.33. The molecule has 94 valence electrons. The fraction of sp³-hybridized carbons (Fsp3) is 0.273. The molecule has 1 aliphatic heterocycles. The van der Waals surface area contributed by atoms with Gasteiger partial charge in [0.1, 0.15) is 0 Å². The molecule has 1 aliphatic rings. The lowest BCUT2D eigenvalue weighted by atomic mass is 10.2. The van der Waals surface area contributed by atoms with Gasteiger partial charge in [-0.2, -0.15) is 0 Å². The van der Waals surface area contributed by atoms with Gasteiger partial charge in [0.2, 0.25) is 5.12 Å². The Morgan fingerprint density at radius 3 is 2.72 bits per heavy atom. The number of carbonyl (C=O) groups is 1. The molecule has 0 bridgehead atoms. The Hall–Kier alpha value is -1.89. The summed E-state index contributed by atoms with van der Waals surface area (Å²) in [6.07, 6.45) is 0. The van der Waals surface area contributed by atoms with Gasteiger partial charge in [0.15, 0.2) is 5.17 Å². The first kappa shape index (κ1) is 12.6. The molecule has 1 heterocycles. The highest BCUT2D eigenvalue weighted by atomic mass is 32.2. The quantitative estimate of drug-likeness (QED) is 0.604. The molecular weight excluding hydrogens is 254 g/mol. The number of carbonyl (C=O) groups excluding carboxylic acids is 1. The SMILES string of the molecule is Cc1cc([N+](=O)[O-])ccc1N=C1SC(=O)CN1C. The number of aryl methyl sites for hydroxylation is 1. The number of nitro groups is 1. The number of benzene rings is 1. The second-order valence-corrected chi connectivity index (χ2v) is 4.98. The molecule has 0 amide bonds. The first-order valence-electron chi connectivity index (χ1n) is 5.23. The normalized spacial score (nSPS) is 17.6. The van der Waals surface area contributed by atoms with E-state index in [4.69, 9.17) is 0 Å². The number of thioether (sulfide) groups is 1. The predicted octanol–water partition coefficient (Wildman–Crippen LogP) is 2.10. The van der Waals surface area contributed by atoms with Gasteiger partial charge >= 0.3 is 0 Å². The van der Waals surface area contributed by atoms with Crippen molar-refractivity contribution in [2.75, 3.05) is 13.6 Å². The lowest BCUT2D eigenvalue weighted by molar-refractivity contribution is -0.384. The summed E-state index contributed by atoms with van der Waals surface area (Å²) in [4.78, 5) is 27.5.